The molecule has 1 aliphatic heterocycles. The summed E-state index contributed by atoms with van der Waals surface area (Å²) in [4.78, 5) is 1.43. The highest BCUT2D eigenvalue weighted by Gasteiger charge is 2.31. The highest BCUT2D eigenvalue weighted by molar-refractivity contribution is 8.00. The van der Waals surface area contributed by atoms with E-state index >= 15 is 0 Å². The second-order valence-electron chi connectivity index (χ2n) is 4.81. The molecule has 2 atom stereocenters. The Kier molecular flexibility index (Phi) is 3.62. The summed E-state index contributed by atoms with van der Waals surface area (Å²) in [7, 11) is 2.04. The average molecular weight is 273 g/mol. The van der Waals surface area contributed by atoms with Gasteiger partial charge in [0.25, 0.3) is 0 Å². The molecule has 3 rings (SSSR count). The fourth-order valence-corrected chi connectivity index (χ4v) is 4.25. The number of hydrogen-bond donors (Lipinski definition) is 1. The number of aromatic nitrogens is 2. The first-order chi connectivity index (χ1) is 9.33. The van der Waals surface area contributed by atoms with Crippen LogP contribution in [0.4, 0.5) is 0 Å². The topological polar surface area (TPSA) is 29.9 Å². The van der Waals surface area contributed by atoms with Gasteiger partial charge in [0.1, 0.15) is 0 Å². The normalized spacial score (nSPS) is 19.4. The number of nitrogens with one attached hydrogen (secondary N) is 1. The summed E-state index contributed by atoms with van der Waals surface area (Å²) in [6.45, 7) is 3.06. The number of aryl methyl sites for hydroxylation is 1. The van der Waals surface area contributed by atoms with Gasteiger partial charge in [-0.05, 0) is 38.1 Å². The van der Waals surface area contributed by atoms with E-state index in [0.29, 0.717) is 11.3 Å². The second kappa shape index (κ2) is 5.39. The molecule has 0 bridgehead atoms. The Hall–Kier alpha value is -1.26. The Labute approximate surface area is 118 Å². The van der Waals surface area contributed by atoms with Crippen LogP contribution in [-0.2, 0) is 13.0 Å². The Bertz CT molecular complexity index is 539. The molecular formula is C15H19N3S. The van der Waals surface area contributed by atoms with Gasteiger partial charge in [0.2, 0.25) is 0 Å². The maximum atomic E-state index is 4.39. The van der Waals surface area contributed by atoms with E-state index in [4.69, 9.17) is 0 Å². The summed E-state index contributed by atoms with van der Waals surface area (Å²) in [5, 5.41) is 8.41. The third kappa shape index (κ3) is 2.30. The van der Waals surface area contributed by atoms with Gasteiger partial charge in [-0.2, -0.15) is 5.10 Å². The zero-order valence-electron chi connectivity index (χ0n) is 11.3. The zero-order chi connectivity index (χ0) is 13.2. The van der Waals surface area contributed by atoms with Crippen LogP contribution < -0.4 is 5.32 Å². The fourth-order valence-electron chi connectivity index (χ4n) is 2.79. The standard InChI is InChI=1S/C15H19N3S/c1-3-18-12(8-9-17-18)15(16-2)14-10-11-6-4-5-7-13(11)19-14/h4-9,14-16H,3,10H2,1-2H3. The maximum Gasteiger partial charge on any atom is 0.0616 e. The number of rotatable bonds is 4. The lowest BCUT2D eigenvalue weighted by Gasteiger charge is -2.23. The summed E-state index contributed by atoms with van der Waals surface area (Å²) in [5.41, 5.74) is 2.76. The smallest absolute Gasteiger partial charge is 0.0616 e. The summed E-state index contributed by atoms with van der Waals surface area (Å²) < 4.78 is 2.09. The molecule has 2 unspecified atom stereocenters. The molecule has 4 heteroatoms. The first-order valence-corrected chi connectivity index (χ1v) is 7.65. The molecule has 1 aromatic carbocycles. The minimum atomic E-state index is 0.347. The van der Waals surface area contributed by atoms with Crippen LogP contribution in [-0.4, -0.2) is 22.1 Å². The molecular weight excluding hydrogens is 254 g/mol. The first kappa shape index (κ1) is 12.8. The van der Waals surface area contributed by atoms with Crippen LogP contribution in [0.25, 0.3) is 0 Å². The average Bonchev–Trinajstić information content (AvgIpc) is 3.05. The quantitative estimate of drug-likeness (QED) is 0.929. The van der Waals surface area contributed by atoms with Crippen LogP contribution >= 0.6 is 11.8 Å². The molecule has 0 amide bonds. The Morgan fingerprint density at radius 2 is 2.26 bits per heavy atom. The Morgan fingerprint density at radius 1 is 1.42 bits per heavy atom. The summed E-state index contributed by atoms with van der Waals surface area (Å²) >= 11 is 1.98. The molecule has 0 saturated carbocycles. The molecule has 2 heterocycles. The monoisotopic (exact) mass is 273 g/mol. The van der Waals surface area contributed by atoms with E-state index in [9.17, 15) is 0 Å². The first-order valence-electron chi connectivity index (χ1n) is 6.77. The molecule has 1 aromatic heterocycles. The SMILES string of the molecule is CCn1nccc1C(NC)C1Cc2ccccc2S1. The number of hydrogen-bond acceptors (Lipinski definition) is 3. The van der Waals surface area contributed by atoms with Crippen molar-refractivity contribution in [3.05, 3.63) is 47.8 Å². The molecule has 3 nitrogen and oxygen atoms in total. The molecule has 0 fully saturated rings. The second-order valence-corrected chi connectivity index (χ2v) is 6.09. The van der Waals surface area contributed by atoms with E-state index < -0.39 is 0 Å². The van der Waals surface area contributed by atoms with Crippen molar-refractivity contribution in [2.24, 2.45) is 0 Å². The number of nitrogens with zero attached hydrogens (tertiary/aromatic N) is 2. The minimum Gasteiger partial charge on any atom is -0.311 e. The van der Waals surface area contributed by atoms with Crippen molar-refractivity contribution >= 4 is 11.8 Å². The molecule has 0 aliphatic carbocycles. The molecule has 1 N–H and O–H groups in total. The lowest BCUT2D eigenvalue weighted by Crippen LogP contribution is -2.29. The largest absolute Gasteiger partial charge is 0.311 e. The van der Waals surface area contributed by atoms with Gasteiger partial charge in [-0.25, -0.2) is 0 Å². The van der Waals surface area contributed by atoms with Gasteiger partial charge in [0.05, 0.1) is 11.7 Å². The summed E-state index contributed by atoms with van der Waals surface area (Å²) in [6, 6.07) is 11.2. The summed E-state index contributed by atoms with van der Waals surface area (Å²) in [5.74, 6) is 0. The maximum absolute atomic E-state index is 4.39. The van der Waals surface area contributed by atoms with E-state index in [2.05, 4.69) is 52.4 Å². The molecule has 1 aliphatic rings. The van der Waals surface area contributed by atoms with E-state index in [-0.39, 0.29) is 0 Å². The van der Waals surface area contributed by atoms with Crippen molar-refractivity contribution in [1.29, 1.82) is 0 Å². The minimum absolute atomic E-state index is 0.347. The molecule has 0 spiro atoms. The Balaban J connectivity index is 1.86. The highest BCUT2D eigenvalue weighted by atomic mass is 32.2. The van der Waals surface area contributed by atoms with Gasteiger partial charge in [-0.3, -0.25) is 4.68 Å². The third-order valence-electron chi connectivity index (χ3n) is 3.72. The van der Waals surface area contributed by atoms with Gasteiger partial charge in [-0.15, -0.1) is 11.8 Å². The molecule has 19 heavy (non-hydrogen) atoms. The van der Waals surface area contributed by atoms with E-state index in [1.807, 2.05) is 25.0 Å². The number of benzene rings is 1. The van der Waals surface area contributed by atoms with Crippen molar-refractivity contribution in [3.8, 4) is 0 Å². The van der Waals surface area contributed by atoms with Crippen molar-refractivity contribution in [2.75, 3.05) is 7.05 Å². The van der Waals surface area contributed by atoms with Crippen molar-refractivity contribution in [2.45, 2.75) is 36.1 Å². The zero-order valence-corrected chi connectivity index (χ0v) is 12.2. The van der Waals surface area contributed by atoms with Crippen molar-refractivity contribution in [1.82, 2.24) is 15.1 Å². The highest BCUT2D eigenvalue weighted by Crippen LogP contribution is 2.42. The van der Waals surface area contributed by atoms with Gasteiger partial charge in [0, 0.05) is 22.9 Å². The van der Waals surface area contributed by atoms with Gasteiger partial charge in [-0.1, -0.05) is 18.2 Å². The number of fused-ring (bicyclic) bond motifs is 1. The van der Waals surface area contributed by atoms with Crippen LogP contribution in [0.2, 0.25) is 0 Å². The molecule has 0 radical (unpaired) electrons. The fraction of sp³-hybridized carbons (Fsp3) is 0.400. The van der Waals surface area contributed by atoms with Crippen LogP contribution in [0, 0.1) is 0 Å². The van der Waals surface area contributed by atoms with Crippen LogP contribution in [0.15, 0.2) is 41.4 Å². The van der Waals surface area contributed by atoms with E-state index in [1.165, 1.54) is 16.2 Å². The van der Waals surface area contributed by atoms with Crippen LogP contribution in [0.1, 0.15) is 24.2 Å². The van der Waals surface area contributed by atoms with E-state index in [1.54, 1.807) is 0 Å². The van der Waals surface area contributed by atoms with Gasteiger partial charge in [0.15, 0.2) is 0 Å². The predicted molar refractivity (Wildman–Crippen MR) is 79.5 cm³/mol. The third-order valence-corrected chi connectivity index (χ3v) is 5.12. The lowest BCUT2D eigenvalue weighted by molar-refractivity contribution is 0.501. The molecule has 2 aromatic rings. The summed E-state index contributed by atoms with van der Waals surface area (Å²) in [6.07, 6.45) is 3.02. The van der Waals surface area contributed by atoms with Gasteiger partial charge < -0.3 is 5.32 Å². The van der Waals surface area contributed by atoms with Crippen molar-refractivity contribution < 1.29 is 0 Å². The van der Waals surface area contributed by atoms with Crippen LogP contribution in [0.3, 0.4) is 0 Å². The van der Waals surface area contributed by atoms with E-state index in [0.717, 1.165) is 13.0 Å². The molecule has 100 valence electrons. The molecule has 0 saturated heterocycles. The lowest BCUT2D eigenvalue weighted by atomic mass is 10.0. The Morgan fingerprint density at radius 3 is 3.00 bits per heavy atom. The number of thioether (sulfide) groups is 1. The van der Waals surface area contributed by atoms with Gasteiger partial charge >= 0.3 is 0 Å². The van der Waals surface area contributed by atoms with Crippen LogP contribution in [0.5, 0.6) is 0 Å². The predicted octanol–water partition coefficient (Wildman–Crippen LogP) is 2.88. The van der Waals surface area contributed by atoms with Crippen molar-refractivity contribution in [3.63, 3.8) is 0 Å².